The molecule has 1 atom stereocenters. The fourth-order valence-corrected chi connectivity index (χ4v) is 2.77. The smallest absolute Gasteiger partial charge is 0.0585 e. The van der Waals surface area contributed by atoms with E-state index in [2.05, 4.69) is 18.5 Å². The van der Waals surface area contributed by atoms with E-state index >= 15 is 0 Å². The molecule has 0 bridgehead atoms. The fourth-order valence-electron chi connectivity index (χ4n) is 2.25. The van der Waals surface area contributed by atoms with E-state index in [4.69, 9.17) is 0 Å². The van der Waals surface area contributed by atoms with E-state index < -0.39 is 0 Å². The summed E-state index contributed by atoms with van der Waals surface area (Å²) in [6.07, 6.45) is 8.48. The molecular weight excluding hydrogens is 206 g/mol. The van der Waals surface area contributed by atoms with Gasteiger partial charge in [-0.05, 0) is 50.0 Å². The van der Waals surface area contributed by atoms with Gasteiger partial charge in [-0.15, -0.1) is 0 Å². The van der Waals surface area contributed by atoms with Gasteiger partial charge >= 0.3 is 0 Å². The minimum atomic E-state index is 0.284. The van der Waals surface area contributed by atoms with Crippen LogP contribution in [0.2, 0.25) is 0 Å². The van der Waals surface area contributed by atoms with E-state index in [0.29, 0.717) is 12.1 Å². The number of hydrogen-bond donors (Lipinski definition) is 2. The average molecular weight is 231 g/mol. The summed E-state index contributed by atoms with van der Waals surface area (Å²) in [6.45, 7) is 2.63. The molecule has 0 heterocycles. The highest BCUT2D eigenvalue weighted by Crippen LogP contribution is 2.23. The number of thioether (sulfide) groups is 1. The zero-order valence-corrected chi connectivity index (χ0v) is 10.9. The van der Waals surface area contributed by atoms with Crippen molar-refractivity contribution in [2.45, 2.75) is 51.1 Å². The van der Waals surface area contributed by atoms with Gasteiger partial charge in [0.2, 0.25) is 0 Å². The highest BCUT2D eigenvalue weighted by Gasteiger charge is 2.20. The van der Waals surface area contributed by atoms with Gasteiger partial charge in [-0.1, -0.05) is 6.92 Å². The van der Waals surface area contributed by atoms with Crippen molar-refractivity contribution in [2.75, 3.05) is 18.6 Å². The van der Waals surface area contributed by atoms with Gasteiger partial charge in [0.1, 0.15) is 0 Å². The van der Waals surface area contributed by atoms with Crippen LogP contribution in [0.1, 0.15) is 39.0 Å². The van der Waals surface area contributed by atoms with Crippen molar-refractivity contribution in [1.82, 2.24) is 5.32 Å². The zero-order valence-electron chi connectivity index (χ0n) is 10.0. The molecule has 0 aromatic heterocycles. The number of hydrogen-bond acceptors (Lipinski definition) is 3. The maximum Gasteiger partial charge on any atom is 0.0585 e. The molecule has 0 spiro atoms. The molecule has 1 unspecified atom stereocenters. The lowest BCUT2D eigenvalue weighted by Gasteiger charge is -2.30. The second-order valence-corrected chi connectivity index (χ2v) is 5.77. The van der Waals surface area contributed by atoms with Crippen LogP contribution in [0.15, 0.2) is 0 Å². The first-order chi connectivity index (χ1) is 7.26. The van der Waals surface area contributed by atoms with Crippen molar-refractivity contribution in [3.05, 3.63) is 0 Å². The number of aliphatic hydroxyl groups is 1. The molecule has 1 aliphatic rings. The normalized spacial score (nSPS) is 29.0. The molecule has 0 amide bonds. The lowest BCUT2D eigenvalue weighted by atomic mass is 9.87. The van der Waals surface area contributed by atoms with Crippen LogP contribution < -0.4 is 5.32 Å². The van der Waals surface area contributed by atoms with Crippen molar-refractivity contribution in [3.63, 3.8) is 0 Å². The molecule has 1 aliphatic carbocycles. The monoisotopic (exact) mass is 231 g/mol. The van der Waals surface area contributed by atoms with Gasteiger partial charge < -0.3 is 10.4 Å². The van der Waals surface area contributed by atoms with Crippen LogP contribution in [-0.2, 0) is 0 Å². The van der Waals surface area contributed by atoms with E-state index in [1.807, 2.05) is 11.8 Å². The minimum absolute atomic E-state index is 0.284. The molecule has 0 aromatic rings. The lowest BCUT2D eigenvalue weighted by molar-refractivity contribution is 0.207. The molecule has 3 heteroatoms. The Morgan fingerprint density at radius 3 is 2.53 bits per heavy atom. The van der Waals surface area contributed by atoms with Crippen LogP contribution in [-0.4, -0.2) is 35.8 Å². The van der Waals surface area contributed by atoms with Crippen LogP contribution in [0.25, 0.3) is 0 Å². The number of aliphatic hydroxyl groups excluding tert-OH is 1. The Balaban J connectivity index is 2.19. The third kappa shape index (κ3) is 5.23. The first-order valence-corrected chi connectivity index (χ1v) is 7.51. The van der Waals surface area contributed by atoms with Gasteiger partial charge in [-0.25, -0.2) is 0 Å². The highest BCUT2D eigenvalue weighted by molar-refractivity contribution is 7.98. The standard InChI is InChI=1S/C12H25NOS/c1-10-3-5-11(6-4-10)13-12(9-14)7-8-15-2/h10-14H,3-9H2,1-2H3. The molecule has 1 fully saturated rings. The van der Waals surface area contributed by atoms with Crippen LogP contribution in [0.3, 0.4) is 0 Å². The lowest BCUT2D eigenvalue weighted by Crippen LogP contribution is -2.42. The molecule has 15 heavy (non-hydrogen) atoms. The molecular formula is C12H25NOS. The molecule has 0 saturated heterocycles. The largest absolute Gasteiger partial charge is 0.395 e. The third-order valence-corrected chi connectivity index (χ3v) is 4.02. The zero-order chi connectivity index (χ0) is 11.1. The Hall–Kier alpha value is 0.270. The van der Waals surface area contributed by atoms with E-state index in [0.717, 1.165) is 18.1 Å². The first-order valence-electron chi connectivity index (χ1n) is 6.12. The van der Waals surface area contributed by atoms with Crippen molar-refractivity contribution in [1.29, 1.82) is 0 Å². The van der Waals surface area contributed by atoms with Gasteiger partial charge in [-0.2, -0.15) is 11.8 Å². The summed E-state index contributed by atoms with van der Waals surface area (Å²) in [4.78, 5) is 0. The highest BCUT2D eigenvalue weighted by atomic mass is 32.2. The maximum absolute atomic E-state index is 9.26. The summed E-state index contributed by atoms with van der Waals surface area (Å²) < 4.78 is 0. The van der Waals surface area contributed by atoms with Gasteiger partial charge in [0.25, 0.3) is 0 Å². The summed E-state index contributed by atoms with van der Waals surface area (Å²) in [5.41, 5.74) is 0. The van der Waals surface area contributed by atoms with Crippen LogP contribution in [0.5, 0.6) is 0 Å². The van der Waals surface area contributed by atoms with Crippen molar-refractivity contribution in [3.8, 4) is 0 Å². The van der Waals surface area contributed by atoms with Gasteiger partial charge in [0.05, 0.1) is 6.61 Å². The summed E-state index contributed by atoms with van der Waals surface area (Å²) in [7, 11) is 0. The molecule has 90 valence electrons. The second kappa shape index (κ2) is 7.53. The Kier molecular flexibility index (Phi) is 6.69. The summed E-state index contributed by atoms with van der Waals surface area (Å²) in [6, 6.07) is 0.969. The summed E-state index contributed by atoms with van der Waals surface area (Å²) >= 11 is 1.86. The van der Waals surface area contributed by atoms with E-state index in [1.54, 1.807) is 0 Å². The average Bonchev–Trinajstić information content (AvgIpc) is 2.27. The third-order valence-electron chi connectivity index (χ3n) is 3.38. The molecule has 2 nitrogen and oxygen atoms in total. The Morgan fingerprint density at radius 2 is 2.00 bits per heavy atom. The predicted molar refractivity (Wildman–Crippen MR) is 68.4 cm³/mol. The second-order valence-electron chi connectivity index (χ2n) is 4.78. The van der Waals surface area contributed by atoms with Crippen LogP contribution in [0, 0.1) is 5.92 Å². The van der Waals surface area contributed by atoms with Crippen LogP contribution >= 0.6 is 11.8 Å². The number of nitrogens with one attached hydrogen (secondary N) is 1. The quantitative estimate of drug-likeness (QED) is 0.735. The SMILES string of the molecule is CSCCC(CO)NC1CCC(C)CC1. The summed E-state index contributed by atoms with van der Waals surface area (Å²) in [5.74, 6) is 2.04. The van der Waals surface area contributed by atoms with Gasteiger partial charge in [0, 0.05) is 12.1 Å². The molecule has 1 saturated carbocycles. The van der Waals surface area contributed by atoms with Crippen molar-refractivity contribution >= 4 is 11.8 Å². The first kappa shape index (κ1) is 13.3. The van der Waals surface area contributed by atoms with Gasteiger partial charge in [-0.3, -0.25) is 0 Å². The molecule has 1 rings (SSSR count). The fraction of sp³-hybridized carbons (Fsp3) is 1.00. The Bertz CT molecular complexity index is 155. The van der Waals surface area contributed by atoms with Crippen molar-refractivity contribution < 1.29 is 5.11 Å². The maximum atomic E-state index is 9.26. The minimum Gasteiger partial charge on any atom is -0.395 e. The molecule has 2 N–H and O–H groups in total. The Morgan fingerprint density at radius 1 is 1.33 bits per heavy atom. The van der Waals surface area contributed by atoms with E-state index in [-0.39, 0.29) is 6.61 Å². The van der Waals surface area contributed by atoms with Gasteiger partial charge in [0.15, 0.2) is 0 Å². The van der Waals surface area contributed by atoms with Crippen LogP contribution in [0.4, 0.5) is 0 Å². The molecule has 0 radical (unpaired) electrons. The summed E-state index contributed by atoms with van der Waals surface area (Å²) in [5, 5.41) is 12.9. The van der Waals surface area contributed by atoms with E-state index in [9.17, 15) is 5.11 Å². The van der Waals surface area contributed by atoms with E-state index in [1.165, 1.54) is 25.7 Å². The molecule has 0 aliphatic heterocycles. The molecule has 0 aromatic carbocycles. The van der Waals surface area contributed by atoms with Crippen molar-refractivity contribution in [2.24, 2.45) is 5.92 Å². The predicted octanol–water partition coefficient (Wildman–Crippen LogP) is 2.27. The Labute approximate surface area is 98.2 Å². The topological polar surface area (TPSA) is 32.3 Å². The number of rotatable bonds is 6.